The maximum Gasteiger partial charge on any atom is 0.472 e. The van der Waals surface area contributed by atoms with Gasteiger partial charge in [-0.25, -0.2) is 9.13 Å². The van der Waals surface area contributed by atoms with Crippen LogP contribution in [0.2, 0.25) is 0 Å². The van der Waals surface area contributed by atoms with E-state index >= 15 is 0 Å². The third kappa shape index (κ3) is 69.2. The van der Waals surface area contributed by atoms with Crippen molar-refractivity contribution in [2.24, 2.45) is 5.92 Å². The zero-order valence-corrected chi connectivity index (χ0v) is 64.3. The van der Waals surface area contributed by atoms with Gasteiger partial charge in [0.15, 0.2) is 12.2 Å². The molecule has 6 atom stereocenters. The molecule has 96 heavy (non-hydrogen) atoms. The van der Waals surface area contributed by atoms with Crippen molar-refractivity contribution in [3.63, 3.8) is 0 Å². The van der Waals surface area contributed by atoms with Gasteiger partial charge in [0.05, 0.1) is 26.4 Å². The predicted molar refractivity (Wildman–Crippen MR) is 391 cm³/mol. The van der Waals surface area contributed by atoms with Crippen LogP contribution < -0.4 is 0 Å². The maximum absolute atomic E-state index is 13.1. The van der Waals surface area contributed by atoms with Crippen molar-refractivity contribution in [2.45, 2.75) is 425 Å². The van der Waals surface area contributed by atoms with E-state index in [1.54, 1.807) is 0 Å². The lowest BCUT2D eigenvalue weighted by atomic mass is 9.99. The van der Waals surface area contributed by atoms with Crippen LogP contribution in [0.5, 0.6) is 0 Å². The molecule has 0 aliphatic heterocycles. The largest absolute Gasteiger partial charge is 0.472 e. The Labute approximate surface area is 588 Å². The average molecular weight is 1410 g/mol. The number of phosphoric acid groups is 2. The van der Waals surface area contributed by atoms with Crippen molar-refractivity contribution in [3.8, 4) is 0 Å². The smallest absolute Gasteiger partial charge is 0.462 e. The topological polar surface area (TPSA) is 237 Å². The van der Waals surface area contributed by atoms with Crippen molar-refractivity contribution in [3.05, 3.63) is 0 Å². The number of aliphatic hydroxyl groups is 1. The summed E-state index contributed by atoms with van der Waals surface area (Å²) < 4.78 is 68.6. The molecular weight excluding hydrogens is 1260 g/mol. The molecule has 3 N–H and O–H groups in total. The van der Waals surface area contributed by atoms with E-state index in [1.807, 2.05) is 0 Å². The molecule has 570 valence electrons. The summed E-state index contributed by atoms with van der Waals surface area (Å²) in [5, 5.41) is 10.6. The first-order valence-corrected chi connectivity index (χ1v) is 43.2. The molecule has 0 aliphatic rings. The molecule has 0 saturated carbocycles. The summed E-state index contributed by atoms with van der Waals surface area (Å²) in [6, 6.07) is 0. The van der Waals surface area contributed by atoms with E-state index in [-0.39, 0.29) is 25.7 Å². The zero-order chi connectivity index (χ0) is 70.5. The van der Waals surface area contributed by atoms with Gasteiger partial charge in [-0.3, -0.25) is 37.3 Å². The highest BCUT2D eigenvalue weighted by molar-refractivity contribution is 7.47. The van der Waals surface area contributed by atoms with E-state index in [0.717, 1.165) is 95.8 Å². The molecule has 0 rings (SSSR count). The Morgan fingerprint density at radius 3 is 0.740 bits per heavy atom. The van der Waals surface area contributed by atoms with Crippen LogP contribution in [0, 0.1) is 5.92 Å². The molecule has 0 aliphatic carbocycles. The summed E-state index contributed by atoms with van der Waals surface area (Å²) in [6.07, 6.45) is 59.3. The van der Waals surface area contributed by atoms with E-state index in [1.165, 1.54) is 231 Å². The van der Waals surface area contributed by atoms with Gasteiger partial charge in [0.2, 0.25) is 0 Å². The standard InChI is InChI=1S/C77H150O17P2/c1-6-10-13-16-19-22-25-28-30-32-35-41-46-51-56-61-75(80)88-66-72(93-76(81)62-57-52-47-42-36-33-31-29-26-23-20-17-14-11-7-2)68-91-95(83,84)89-64-71(78)65-90-96(85,86)92-69-73(67-87-74(79)60-55-50-45-40-34-27-24-21-18-15-12-8-3)94-77(82)63-58-53-48-43-38-37-39-44-49-54-59-70(5)9-4/h70-73,78H,6-69H2,1-5H3,(H,83,84)(H,85,86)/t70?,71-,72-,73-/m1/s1. The number of hydrogen-bond acceptors (Lipinski definition) is 15. The number of carbonyl (C=O) groups is 4. The quantitative estimate of drug-likeness (QED) is 0.0222. The average Bonchev–Trinajstić information content (AvgIpc) is 1.58. The number of hydrogen-bond donors (Lipinski definition) is 3. The molecular formula is C77H150O17P2. The zero-order valence-electron chi connectivity index (χ0n) is 62.5. The van der Waals surface area contributed by atoms with Crippen LogP contribution in [0.3, 0.4) is 0 Å². The predicted octanol–water partition coefficient (Wildman–Crippen LogP) is 22.9. The Kier molecular flexibility index (Phi) is 68.7. The Balaban J connectivity index is 5.27. The maximum atomic E-state index is 13.1. The fourth-order valence-electron chi connectivity index (χ4n) is 11.8. The van der Waals surface area contributed by atoms with Gasteiger partial charge in [-0.2, -0.15) is 0 Å². The molecule has 3 unspecified atom stereocenters. The van der Waals surface area contributed by atoms with E-state index < -0.39 is 97.5 Å². The second-order valence-electron chi connectivity index (χ2n) is 28.0. The van der Waals surface area contributed by atoms with Crippen LogP contribution in [-0.4, -0.2) is 96.7 Å². The van der Waals surface area contributed by atoms with E-state index in [9.17, 15) is 43.2 Å². The number of carbonyl (C=O) groups excluding carboxylic acids is 4. The number of rotatable bonds is 77. The summed E-state index contributed by atoms with van der Waals surface area (Å²) in [4.78, 5) is 72.9. The molecule has 0 fully saturated rings. The van der Waals surface area contributed by atoms with Gasteiger partial charge in [-0.05, 0) is 31.6 Å². The summed E-state index contributed by atoms with van der Waals surface area (Å²) in [5.41, 5.74) is 0. The highest BCUT2D eigenvalue weighted by Crippen LogP contribution is 2.45. The molecule has 19 heteroatoms. The second-order valence-corrected chi connectivity index (χ2v) is 30.9. The first kappa shape index (κ1) is 94.1. The van der Waals surface area contributed by atoms with Gasteiger partial charge in [-0.1, -0.05) is 356 Å². The SMILES string of the molecule is CCCCCCCCCCCCCCCCCC(=O)OC[C@H](COP(=O)(O)OC[C@@H](O)COP(=O)(O)OC[C@@H](COC(=O)CCCCCCCCCCCCCC)OC(=O)CCCCCCCCCCCCC(C)CC)OC(=O)CCCCCCCCCCCCCCCCC. The number of phosphoric ester groups is 2. The van der Waals surface area contributed by atoms with Crippen molar-refractivity contribution in [1.82, 2.24) is 0 Å². The summed E-state index contributed by atoms with van der Waals surface area (Å²) >= 11 is 0. The molecule has 0 aromatic heterocycles. The lowest BCUT2D eigenvalue weighted by Crippen LogP contribution is -2.30. The highest BCUT2D eigenvalue weighted by atomic mass is 31.2. The Hall–Kier alpha value is -1.94. The minimum Gasteiger partial charge on any atom is -0.462 e. The van der Waals surface area contributed by atoms with Crippen molar-refractivity contribution in [1.29, 1.82) is 0 Å². The van der Waals surface area contributed by atoms with Gasteiger partial charge in [0.25, 0.3) is 0 Å². The number of ether oxygens (including phenoxy) is 4. The number of esters is 4. The van der Waals surface area contributed by atoms with Crippen molar-refractivity contribution < 1.29 is 80.2 Å². The molecule has 0 spiro atoms. The van der Waals surface area contributed by atoms with Crippen LogP contribution >= 0.6 is 15.6 Å². The van der Waals surface area contributed by atoms with Crippen LogP contribution in [0.25, 0.3) is 0 Å². The van der Waals surface area contributed by atoms with Gasteiger partial charge < -0.3 is 33.8 Å². The third-order valence-electron chi connectivity index (χ3n) is 18.4. The molecule has 0 amide bonds. The summed E-state index contributed by atoms with van der Waals surface area (Å²) in [6.45, 7) is 7.34. The minimum atomic E-state index is -4.96. The van der Waals surface area contributed by atoms with Gasteiger partial charge in [-0.15, -0.1) is 0 Å². The van der Waals surface area contributed by atoms with Crippen LogP contribution in [0.4, 0.5) is 0 Å². The molecule has 17 nitrogen and oxygen atoms in total. The fourth-order valence-corrected chi connectivity index (χ4v) is 13.4. The molecule has 0 saturated heterocycles. The first-order valence-electron chi connectivity index (χ1n) is 40.2. The van der Waals surface area contributed by atoms with Gasteiger partial charge >= 0.3 is 39.5 Å². The third-order valence-corrected chi connectivity index (χ3v) is 20.3. The monoisotopic (exact) mass is 1410 g/mol. The van der Waals surface area contributed by atoms with E-state index in [2.05, 4.69) is 34.6 Å². The second kappa shape index (κ2) is 70.1. The number of unbranched alkanes of at least 4 members (excludes halogenated alkanes) is 48. The highest BCUT2D eigenvalue weighted by Gasteiger charge is 2.30. The van der Waals surface area contributed by atoms with E-state index in [4.69, 9.17) is 37.0 Å². The summed E-state index contributed by atoms with van der Waals surface area (Å²) in [5.74, 6) is -1.31. The molecule has 0 radical (unpaired) electrons. The lowest BCUT2D eigenvalue weighted by Gasteiger charge is -2.21. The van der Waals surface area contributed by atoms with Gasteiger partial charge in [0, 0.05) is 25.7 Å². The molecule has 0 aromatic carbocycles. The number of aliphatic hydroxyl groups excluding tert-OH is 1. The normalized spacial score (nSPS) is 14.2. The Morgan fingerprint density at radius 2 is 0.500 bits per heavy atom. The Bertz CT molecular complexity index is 1840. The van der Waals surface area contributed by atoms with E-state index in [0.29, 0.717) is 25.7 Å². The first-order chi connectivity index (χ1) is 46.6. The lowest BCUT2D eigenvalue weighted by molar-refractivity contribution is -0.161. The van der Waals surface area contributed by atoms with Gasteiger partial charge in [0.1, 0.15) is 19.3 Å². The fraction of sp³-hybridized carbons (Fsp3) is 0.948. The van der Waals surface area contributed by atoms with Crippen LogP contribution in [-0.2, 0) is 65.4 Å². The summed E-state index contributed by atoms with van der Waals surface area (Å²) in [7, 11) is -9.91. The minimum absolute atomic E-state index is 0.107. The van der Waals surface area contributed by atoms with Crippen LogP contribution in [0.15, 0.2) is 0 Å². The van der Waals surface area contributed by atoms with Crippen molar-refractivity contribution >= 4 is 39.5 Å². The van der Waals surface area contributed by atoms with Crippen molar-refractivity contribution in [2.75, 3.05) is 39.6 Å². The molecule has 0 bridgehead atoms. The molecule has 0 aromatic rings. The molecule has 0 heterocycles. The Morgan fingerprint density at radius 1 is 0.292 bits per heavy atom. The van der Waals surface area contributed by atoms with Crippen LogP contribution in [0.1, 0.15) is 407 Å².